The van der Waals surface area contributed by atoms with Crippen molar-refractivity contribution in [1.82, 2.24) is 24.4 Å². The number of hydrogen-bond acceptors (Lipinski definition) is 6. The first-order valence-corrected chi connectivity index (χ1v) is 8.47. The van der Waals surface area contributed by atoms with E-state index in [1.165, 1.54) is 11.3 Å². The number of hydrogen-bond donors (Lipinski definition) is 0. The molecule has 4 heterocycles. The van der Waals surface area contributed by atoms with Crippen molar-refractivity contribution in [3.05, 3.63) is 59.1 Å². The SMILES string of the molecule is O=C(c1ccsc1)N1Cc2cncn2[C@H](COc2ncccn2)C1. The van der Waals surface area contributed by atoms with Gasteiger partial charge in [-0.15, -0.1) is 0 Å². The molecule has 0 fully saturated rings. The van der Waals surface area contributed by atoms with Crippen LogP contribution < -0.4 is 4.74 Å². The lowest BCUT2D eigenvalue weighted by atomic mass is 10.1. The van der Waals surface area contributed by atoms with Crippen molar-refractivity contribution in [2.45, 2.75) is 12.6 Å². The molecule has 122 valence electrons. The van der Waals surface area contributed by atoms with Crippen molar-refractivity contribution in [1.29, 1.82) is 0 Å². The van der Waals surface area contributed by atoms with Crippen molar-refractivity contribution in [2.24, 2.45) is 0 Å². The van der Waals surface area contributed by atoms with E-state index in [9.17, 15) is 4.79 Å². The van der Waals surface area contributed by atoms with Crippen molar-refractivity contribution in [2.75, 3.05) is 13.2 Å². The highest BCUT2D eigenvalue weighted by Gasteiger charge is 2.29. The van der Waals surface area contributed by atoms with Crippen LogP contribution in [0.4, 0.5) is 0 Å². The predicted octanol–water partition coefficient (Wildman–Crippen LogP) is 2.01. The number of imidazole rings is 1. The molecule has 24 heavy (non-hydrogen) atoms. The molecule has 0 saturated heterocycles. The Bertz CT molecular complexity index is 818. The Morgan fingerprint density at radius 3 is 3.04 bits per heavy atom. The molecule has 8 heteroatoms. The van der Waals surface area contributed by atoms with Crippen molar-refractivity contribution >= 4 is 17.2 Å². The highest BCUT2D eigenvalue weighted by Crippen LogP contribution is 2.23. The zero-order valence-electron chi connectivity index (χ0n) is 12.8. The van der Waals surface area contributed by atoms with Gasteiger partial charge >= 0.3 is 6.01 Å². The maximum Gasteiger partial charge on any atom is 0.316 e. The Balaban J connectivity index is 1.52. The summed E-state index contributed by atoms with van der Waals surface area (Å²) in [5, 5.41) is 3.78. The van der Waals surface area contributed by atoms with Gasteiger partial charge in [0.2, 0.25) is 0 Å². The van der Waals surface area contributed by atoms with Gasteiger partial charge in [0, 0.05) is 30.5 Å². The summed E-state index contributed by atoms with van der Waals surface area (Å²) in [6.07, 6.45) is 6.84. The van der Waals surface area contributed by atoms with Gasteiger partial charge in [-0.1, -0.05) is 0 Å². The molecule has 1 amide bonds. The van der Waals surface area contributed by atoms with Crippen LogP contribution >= 0.6 is 11.3 Å². The van der Waals surface area contributed by atoms with Gasteiger partial charge in [0.25, 0.3) is 5.91 Å². The number of thiophene rings is 1. The topological polar surface area (TPSA) is 73.1 Å². The number of fused-ring (bicyclic) bond motifs is 1. The van der Waals surface area contributed by atoms with E-state index in [0.29, 0.717) is 25.7 Å². The Morgan fingerprint density at radius 2 is 2.25 bits per heavy atom. The first kappa shape index (κ1) is 14.8. The third kappa shape index (κ3) is 2.88. The van der Waals surface area contributed by atoms with Crippen molar-refractivity contribution < 1.29 is 9.53 Å². The summed E-state index contributed by atoms with van der Waals surface area (Å²) < 4.78 is 7.74. The van der Waals surface area contributed by atoms with E-state index in [2.05, 4.69) is 19.5 Å². The molecule has 0 radical (unpaired) electrons. The van der Waals surface area contributed by atoms with Crippen LogP contribution in [0.15, 0.2) is 47.8 Å². The molecule has 3 aromatic rings. The van der Waals surface area contributed by atoms with Gasteiger partial charge in [-0.3, -0.25) is 4.79 Å². The zero-order valence-corrected chi connectivity index (χ0v) is 13.6. The quantitative estimate of drug-likeness (QED) is 0.726. The largest absolute Gasteiger partial charge is 0.461 e. The molecule has 0 aromatic carbocycles. The minimum absolute atomic E-state index is 0.0253. The molecule has 0 aliphatic carbocycles. The van der Waals surface area contributed by atoms with Crippen LogP contribution in [-0.2, 0) is 6.54 Å². The van der Waals surface area contributed by atoms with Crippen LogP contribution in [0.3, 0.4) is 0 Å². The lowest BCUT2D eigenvalue weighted by molar-refractivity contribution is 0.0644. The average Bonchev–Trinajstić information content (AvgIpc) is 3.31. The number of carbonyl (C=O) groups is 1. The fourth-order valence-corrected chi connectivity index (χ4v) is 3.40. The van der Waals surface area contributed by atoms with Gasteiger partial charge in [0.15, 0.2) is 0 Å². The number of amides is 1. The van der Waals surface area contributed by atoms with E-state index in [4.69, 9.17) is 4.74 Å². The maximum absolute atomic E-state index is 12.6. The average molecular weight is 341 g/mol. The Labute approximate surface area is 142 Å². The summed E-state index contributed by atoms with van der Waals surface area (Å²) in [5.41, 5.74) is 1.71. The molecule has 0 unspecified atom stereocenters. The molecular weight excluding hydrogens is 326 g/mol. The molecule has 7 nitrogen and oxygen atoms in total. The fourth-order valence-electron chi connectivity index (χ4n) is 2.77. The second kappa shape index (κ2) is 6.40. The standard InChI is InChI=1S/C16H15N5O2S/c22-15(12-2-5-24-10-12)20-7-13-6-17-11-21(13)14(8-20)9-23-16-18-3-1-4-19-16/h1-6,10-11,14H,7-9H2/t14-/m0/s1. The number of ether oxygens (including phenoxy) is 1. The van der Waals surface area contributed by atoms with E-state index < -0.39 is 0 Å². The molecule has 0 bridgehead atoms. The second-order valence-corrected chi connectivity index (χ2v) is 6.27. The smallest absolute Gasteiger partial charge is 0.316 e. The van der Waals surface area contributed by atoms with Crippen LogP contribution in [0.2, 0.25) is 0 Å². The molecule has 0 saturated carbocycles. The summed E-state index contributed by atoms with van der Waals surface area (Å²) >= 11 is 1.52. The van der Waals surface area contributed by atoms with E-state index in [-0.39, 0.29) is 11.9 Å². The first-order chi connectivity index (χ1) is 11.8. The zero-order chi connectivity index (χ0) is 16.4. The van der Waals surface area contributed by atoms with Crippen LogP contribution in [0.5, 0.6) is 6.01 Å². The normalized spacial score (nSPS) is 16.7. The number of aromatic nitrogens is 4. The monoisotopic (exact) mass is 341 g/mol. The lowest BCUT2D eigenvalue weighted by Gasteiger charge is -2.34. The van der Waals surface area contributed by atoms with E-state index in [1.54, 1.807) is 31.0 Å². The van der Waals surface area contributed by atoms with Gasteiger partial charge in [0.05, 0.1) is 30.2 Å². The minimum atomic E-state index is -0.0253. The Morgan fingerprint density at radius 1 is 1.38 bits per heavy atom. The van der Waals surface area contributed by atoms with Gasteiger partial charge < -0.3 is 14.2 Å². The van der Waals surface area contributed by atoms with Crippen LogP contribution in [0.1, 0.15) is 22.1 Å². The fraction of sp³-hybridized carbons (Fsp3) is 0.250. The first-order valence-electron chi connectivity index (χ1n) is 7.53. The molecule has 3 aromatic heterocycles. The molecule has 0 N–H and O–H groups in total. The van der Waals surface area contributed by atoms with Crippen LogP contribution in [0.25, 0.3) is 0 Å². The van der Waals surface area contributed by atoms with Crippen LogP contribution in [-0.4, -0.2) is 43.5 Å². The Hall–Kier alpha value is -2.74. The molecule has 1 aliphatic heterocycles. The predicted molar refractivity (Wildman–Crippen MR) is 87.9 cm³/mol. The Kier molecular flexibility index (Phi) is 3.96. The van der Waals surface area contributed by atoms with Gasteiger partial charge in [-0.05, 0) is 17.5 Å². The van der Waals surface area contributed by atoms with Gasteiger partial charge in [-0.2, -0.15) is 11.3 Å². The molecule has 1 aliphatic rings. The van der Waals surface area contributed by atoms with Crippen molar-refractivity contribution in [3.63, 3.8) is 0 Å². The number of rotatable bonds is 4. The number of carbonyl (C=O) groups excluding carboxylic acids is 1. The third-order valence-electron chi connectivity index (χ3n) is 3.93. The third-order valence-corrected chi connectivity index (χ3v) is 4.61. The minimum Gasteiger partial charge on any atom is -0.461 e. The highest BCUT2D eigenvalue weighted by atomic mass is 32.1. The molecule has 0 spiro atoms. The summed E-state index contributed by atoms with van der Waals surface area (Å²) in [7, 11) is 0. The number of nitrogens with zero attached hydrogens (tertiary/aromatic N) is 5. The summed E-state index contributed by atoms with van der Waals surface area (Å²) in [6.45, 7) is 1.48. The molecular formula is C16H15N5O2S. The molecule has 1 atom stereocenters. The summed E-state index contributed by atoms with van der Waals surface area (Å²) in [4.78, 5) is 26.8. The van der Waals surface area contributed by atoms with Crippen LogP contribution in [0, 0.1) is 0 Å². The van der Waals surface area contributed by atoms with Gasteiger partial charge in [0.1, 0.15) is 6.61 Å². The summed E-state index contributed by atoms with van der Waals surface area (Å²) in [5.74, 6) is 0.0321. The summed E-state index contributed by atoms with van der Waals surface area (Å²) in [6, 6.07) is 3.90. The second-order valence-electron chi connectivity index (χ2n) is 5.49. The van der Waals surface area contributed by atoms with E-state index in [1.807, 2.05) is 21.7 Å². The lowest BCUT2D eigenvalue weighted by Crippen LogP contribution is -2.42. The van der Waals surface area contributed by atoms with Gasteiger partial charge in [-0.25, -0.2) is 15.0 Å². The molecule has 4 rings (SSSR count). The van der Waals surface area contributed by atoms with E-state index >= 15 is 0 Å². The maximum atomic E-state index is 12.6. The highest BCUT2D eigenvalue weighted by molar-refractivity contribution is 7.08. The van der Waals surface area contributed by atoms with E-state index in [0.717, 1.165) is 11.3 Å². The van der Waals surface area contributed by atoms with Crippen molar-refractivity contribution in [3.8, 4) is 6.01 Å².